The normalized spacial score (nSPS) is 11.1. The predicted octanol–water partition coefficient (Wildman–Crippen LogP) is 6.83. The van der Waals surface area contributed by atoms with Crippen molar-refractivity contribution < 1.29 is 13.9 Å². The van der Waals surface area contributed by atoms with Crippen LogP contribution in [0.25, 0.3) is 11.6 Å². The number of ether oxygens (including phenoxy) is 2. The van der Waals surface area contributed by atoms with Gasteiger partial charge in [0.2, 0.25) is 0 Å². The SMILES string of the molecule is CCOc1cc(C=C(C#N)c2ccccc2F)cc(Cl)c1OCc1ccc(C)cc1. The Morgan fingerprint density at radius 1 is 1.10 bits per heavy atom. The summed E-state index contributed by atoms with van der Waals surface area (Å²) in [6.45, 7) is 4.65. The van der Waals surface area contributed by atoms with E-state index in [-0.39, 0.29) is 11.1 Å². The summed E-state index contributed by atoms with van der Waals surface area (Å²) in [4.78, 5) is 0. The van der Waals surface area contributed by atoms with Crippen LogP contribution in [-0.4, -0.2) is 6.61 Å². The van der Waals surface area contributed by atoms with E-state index in [1.54, 1.807) is 36.4 Å². The van der Waals surface area contributed by atoms with Crippen LogP contribution < -0.4 is 9.47 Å². The van der Waals surface area contributed by atoms with E-state index in [1.807, 2.05) is 38.1 Å². The maximum atomic E-state index is 14.1. The molecule has 3 aromatic rings. The average Bonchev–Trinajstić information content (AvgIpc) is 2.73. The van der Waals surface area contributed by atoms with E-state index >= 15 is 0 Å². The quantitative estimate of drug-likeness (QED) is 0.310. The molecule has 0 saturated carbocycles. The lowest BCUT2D eigenvalue weighted by Gasteiger charge is -2.15. The van der Waals surface area contributed by atoms with Gasteiger partial charge in [-0.1, -0.05) is 59.6 Å². The van der Waals surface area contributed by atoms with Crippen molar-refractivity contribution in [2.24, 2.45) is 0 Å². The molecule has 5 heteroatoms. The van der Waals surface area contributed by atoms with Crippen molar-refractivity contribution >= 4 is 23.3 Å². The highest BCUT2D eigenvalue weighted by Crippen LogP contribution is 2.38. The first-order valence-corrected chi connectivity index (χ1v) is 9.91. The van der Waals surface area contributed by atoms with E-state index in [9.17, 15) is 9.65 Å². The Morgan fingerprint density at radius 3 is 2.50 bits per heavy atom. The van der Waals surface area contributed by atoms with Gasteiger partial charge in [0.1, 0.15) is 12.4 Å². The predicted molar refractivity (Wildman–Crippen MR) is 118 cm³/mol. The molecule has 0 aliphatic heterocycles. The highest BCUT2D eigenvalue weighted by Gasteiger charge is 2.14. The van der Waals surface area contributed by atoms with Crippen molar-refractivity contribution in [2.45, 2.75) is 20.5 Å². The molecule has 0 saturated heterocycles. The van der Waals surface area contributed by atoms with E-state index in [1.165, 1.54) is 11.6 Å². The maximum Gasteiger partial charge on any atom is 0.180 e. The minimum atomic E-state index is -0.459. The molecule has 0 amide bonds. The van der Waals surface area contributed by atoms with E-state index in [0.717, 1.165) is 5.56 Å². The van der Waals surface area contributed by atoms with Gasteiger partial charge in [0.15, 0.2) is 11.5 Å². The number of nitriles is 1. The van der Waals surface area contributed by atoms with Gasteiger partial charge in [0, 0.05) is 5.56 Å². The summed E-state index contributed by atoms with van der Waals surface area (Å²) in [6, 6.07) is 19.6. The molecule has 0 bridgehead atoms. The molecule has 0 spiro atoms. The number of benzene rings is 3. The fourth-order valence-corrected chi connectivity index (χ4v) is 3.20. The topological polar surface area (TPSA) is 42.2 Å². The van der Waals surface area contributed by atoms with Crippen molar-refractivity contribution in [3.63, 3.8) is 0 Å². The number of aryl methyl sites for hydroxylation is 1. The van der Waals surface area contributed by atoms with Crippen LogP contribution in [0.2, 0.25) is 5.02 Å². The molecule has 0 aliphatic rings. The number of hydrogen-bond acceptors (Lipinski definition) is 3. The Balaban J connectivity index is 1.93. The molecular formula is C25H21ClFNO2. The molecular weight excluding hydrogens is 401 g/mol. The number of allylic oxidation sites excluding steroid dienone is 1. The zero-order valence-corrected chi connectivity index (χ0v) is 17.5. The van der Waals surface area contributed by atoms with Crippen molar-refractivity contribution in [1.82, 2.24) is 0 Å². The summed E-state index contributed by atoms with van der Waals surface area (Å²) in [5, 5.41) is 9.87. The highest BCUT2D eigenvalue weighted by atomic mass is 35.5. The molecule has 0 N–H and O–H groups in total. The highest BCUT2D eigenvalue weighted by molar-refractivity contribution is 6.32. The third-order valence-electron chi connectivity index (χ3n) is 4.43. The Kier molecular flexibility index (Phi) is 7.11. The lowest BCUT2D eigenvalue weighted by molar-refractivity contribution is 0.269. The molecule has 0 radical (unpaired) electrons. The van der Waals surface area contributed by atoms with Gasteiger partial charge >= 0.3 is 0 Å². The summed E-state index contributed by atoms with van der Waals surface area (Å²) < 4.78 is 25.7. The first-order chi connectivity index (χ1) is 14.5. The first-order valence-electron chi connectivity index (χ1n) is 9.53. The second-order valence-corrected chi connectivity index (χ2v) is 7.09. The zero-order chi connectivity index (χ0) is 21.5. The standard InChI is InChI=1S/C25H21ClFNO2/c1-3-29-24-14-19(12-20(15-28)21-6-4-5-7-23(21)27)13-22(26)25(24)30-16-18-10-8-17(2)9-11-18/h4-14H,3,16H2,1-2H3. The summed E-state index contributed by atoms with van der Waals surface area (Å²) in [6.07, 6.45) is 1.58. The van der Waals surface area contributed by atoms with Gasteiger partial charge in [0.05, 0.1) is 23.3 Å². The van der Waals surface area contributed by atoms with Crippen LogP contribution >= 0.6 is 11.6 Å². The zero-order valence-electron chi connectivity index (χ0n) is 16.8. The Morgan fingerprint density at radius 2 is 1.83 bits per heavy atom. The van der Waals surface area contributed by atoms with E-state index in [0.29, 0.717) is 35.3 Å². The van der Waals surface area contributed by atoms with Crippen molar-refractivity contribution in [3.05, 3.63) is 93.8 Å². The van der Waals surface area contributed by atoms with Gasteiger partial charge in [-0.3, -0.25) is 0 Å². The number of hydrogen-bond donors (Lipinski definition) is 0. The minimum absolute atomic E-state index is 0.194. The monoisotopic (exact) mass is 421 g/mol. The molecule has 0 atom stereocenters. The third kappa shape index (κ3) is 5.20. The second-order valence-electron chi connectivity index (χ2n) is 6.69. The Bertz CT molecular complexity index is 1100. The van der Waals surface area contributed by atoms with Gasteiger partial charge in [-0.2, -0.15) is 5.26 Å². The smallest absolute Gasteiger partial charge is 0.180 e. The molecule has 0 aliphatic carbocycles. The van der Waals surface area contributed by atoms with Crippen LogP contribution in [0.4, 0.5) is 4.39 Å². The molecule has 0 fully saturated rings. The van der Waals surface area contributed by atoms with Gasteiger partial charge < -0.3 is 9.47 Å². The summed E-state index contributed by atoms with van der Waals surface area (Å²) in [7, 11) is 0. The van der Waals surface area contributed by atoms with Crippen LogP contribution in [-0.2, 0) is 6.61 Å². The number of nitrogens with zero attached hydrogens (tertiary/aromatic N) is 1. The van der Waals surface area contributed by atoms with Crippen LogP contribution in [0, 0.1) is 24.1 Å². The van der Waals surface area contributed by atoms with Gasteiger partial charge in [-0.25, -0.2) is 4.39 Å². The molecule has 3 aromatic carbocycles. The second kappa shape index (κ2) is 9.96. The van der Waals surface area contributed by atoms with E-state index < -0.39 is 5.82 Å². The summed E-state index contributed by atoms with van der Waals surface area (Å²) in [5.74, 6) is 0.439. The van der Waals surface area contributed by atoms with Crippen LogP contribution in [0.15, 0.2) is 60.7 Å². The van der Waals surface area contributed by atoms with Crippen LogP contribution in [0.5, 0.6) is 11.5 Å². The van der Waals surface area contributed by atoms with Gasteiger partial charge in [-0.05, 0) is 49.2 Å². The van der Waals surface area contributed by atoms with E-state index in [4.69, 9.17) is 21.1 Å². The molecule has 0 unspecified atom stereocenters. The Labute approximate surface area is 180 Å². The molecule has 0 heterocycles. The molecule has 152 valence electrons. The maximum absolute atomic E-state index is 14.1. The number of rotatable bonds is 7. The third-order valence-corrected chi connectivity index (χ3v) is 4.71. The van der Waals surface area contributed by atoms with Gasteiger partial charge in [-0.15, -0.1) is 0 Å². The van der Waals surface area contributed by atoms with Crippen LogP contribution in [0.1, 0.15) is 29.2 Å². The number of halogens is 2. The summed E-state index contributed by atoms with van der Waals surface area (Å²) >= 11 is 6.47. The fraction of sp³-hybridized carbons (Fsp3) is 0.160. The fourth-order valence-electron chi connectivity index (χ4n) is 2.93. The van der Waals surface area contributed by atoms with Gasteiger partial charge in [0.25, 0.3) is 0 Å². The summed E-state index contributed by atoms with van der Waals surface area (Å²) in [5.41, 5.74) is 3.22. The molecule has 0 aromatic heterocycles. The Hall–Kier alpha value is -3.29. The first kappa shape index (κ1) is 21.4. The van der Waals surface area contributed by atoms with E-state index in [2.05, 4.69) is 6.07 Å². The average molecular weight is 422 g/mol. The van der Waals surface area contributed by atoms with Crippen molar-refractivity contribution in [2.75, 3.05) is 6.61 Å². The molecule has 30 heavy (non-hydrogen) atoms. The van der Waals surface area contributed by atoms with Crippen molar-refractivity contribution in [3.8, 4) is 17.6 Å². The lowest BCUT2D eigenvalue weighted by atomic mass is 10.0. The minimum Gasteiger partial charge on any atom is -0.490 e. The lowest BCUT2D eigenvalue weighted by Crippen LogP contribution is -2.01. The van der Waals surface area contributed by atoms with Crippen LogP contribution in [0.3, 0.4) is 0 Å². The molecule has 3 rings (SSSR count). The molecule has 3 nitrogen and oxygen atoms in total. The van der Waals surface area contributed by atoms with Crippen molar-refractivity contribution in [1.29, 1.82) is 5.26 Å². The largest absolute Gasteiger partial charge is 0.490 e.